The van der Waals surface area contributed by atoms with Crippen molar-refractivity contribution in [3.05, 3.63) is 24.3 Å². The Morgan fingerprint density at radius 3 is 2.90 bits per heavy atom. The molecule has 1 aliphatic rings. The predicted molar refractivity (Wildman–Crippen MR) is 82.7 cm³/mol. The van der Waals surface area contributed by atoms with E-state index < -0.39 is 0 Å². The number of H-pyrrole nitrogens is 1. The number of hydrogen-bond acceptors (Lipinski definition) is 4. The summed E-state index contributed by atoms with van der Waals surface area (Å²) in [6.07, 6.45) is 6.78. The van der Waals surface area contributed by atoms with E-state index in [1.165, 1.54) is 19.3 Å². The molecule has 1 aromatic heterocycles. The molecule has 2 aromatic rings. The van der Waals surface area contributed by atoms with Gasteiger partial charge in [-0.2, -0.15) is 0 Å². The third-order valence-corrected chi connectivity index (χ3v) is 4.98. The molecule has 0 bridgehead atoms. The standard InChI is InChI=1S/C15H19N3OS/c19-18-13-9-3-1-2-4-10-14(13)20-15-16-11-7-5-6-8-12(11)17-15/h5-8,14,19H,1-4,9-10H2,(H,16,17)/b18-13-/t14-/m1/s1. The van der Waals surface area contributed by atoms with E-state index in [-0.39, 0.29) is 5.25 Å². The van der Waals surface area contributed by atoms with Crippen molar-refractivity contribution < 1.29 is 5.21 Å². The molecule has 3 rings (SSSR count). The Morgan fingerprint density at radius 1 is 1.20 bits per heavy atom. The molecule has 20 heavy (non-hydrogen) atoms. The van der Waals surface area contributed by atoms with Gasteiger partial charge in [0, 0.05) is 0 Å². The van der Waals surface area contributed by atoms with Crippen LogP contribution in [0.4, 0.5) is 0 Å². The van der Waals surface area contributed by atoms with Crippen LogP contribution in [-0.4, -0.2) is 26.1 Å². The first kappa shape index (κ1) is 13.5. The van der Waals surface area contributed by atoms with Gasteiger partial charge in [-0.1, -0.05) is 48.3 Å². The van der Waals surface area contributed by atoms with E-state index in [1.807, 2.05) is 24.3 Å². The maximum Gasteiger partial charge on any atom is 0.167 e. The molecule has 1 aromatic carbocycles. The van der Waals surface area contributed by atoms with Crippen molar-refractivity contribution in [2.24, 2.45) is 5.16 Å². The fraction of sp³-hybridized carbons (Fsp3) is 0.467. The molecule has 1 aliphatic carbocycles. The normalized spacial score (nSPS) is 22.8. The first-order chi connectivity index (χ1) is 9.86. The molecule has 1 saturated carbocycles. The maximum absolute atomic E-state index is 9.24. The topological polar surface area (TPSA) is 61.3 Å². The monoisotopic (exact) mass is 289 g/mol. The maximum atomic E-state index is 9.24. The second kappa shape index (κ2) is 6.31. The van der Waals surface area contributed by atoms with Crippen molar-refractivity contribution in [3.63, 3.8) is 0 Å². The smallest absolute Gasteiger partial charge is 0.167 e. The van der Waals surface area contributed by atoms with Gasteiger partial charge in [-0.05, 0) is 31.4 Å². The number of aromatic amines is 1. The number of imidazole rings is 1. The first-order valence-electron chi connectivity index (χ1n) is 7.19. The summed E-state index contributed by atoms with van der Waals surface area (Å²) in [6, 6.07) is 8.04. The van der Waals surface area contributed by atoms with Crippen molar-refractivity contribution in [2.75, 3.05) is 0 Å². The number of nitrogens with one attached hydrogen (secondary N) is 1. The van der Waals surface area contributed by atoms with E-state index in [0.717, 1.165) is 41.2 Å². The summed E-state index contributed by atoms with van der Waals surface area (Å²) >= 11 is 1.69. The minimum atomic E-state index is 0.237. The Kier molecular flexibility index (Phi) is 4.25. The zero-order valence-corrected chi connectivity index (χ0v) is 12.2. The third-order valence-electron chi connectivity index (χ3n) is 3.77. The quantitative estimate of drug-likeness (QED) is 0.643. The van der Waals surface area contributed by atoms with E-state index in [2.05, 4.69) is 15.1 Å². The van der Waals surface area contributed by atoms with Crippen molar-refractivity contribution in [3.8, 4) is 0 Å². The van der Waals surface area contributed by atoms with Gasteiger partial charge >= 0.3 is 0 Å². The van der Waals surface area contributed by atoms with Gasteiger partial charge in [0.25, 0.3) is 0 Å². The summed E-state index contributed by atoms with van der Waals surface area (Å²) < 4.78 is 0. The first-order valence-corrected chi connectivity index (χ1v) is 8.07. The Bertz CT molecular complexity index is 575. The van der Waals surface area contributed by atoms with Crippen LogP contribution in [-0.2, 0) is 0 Å². The largest absolute Gasteiger partial charge is 0.411 e. The lowest BCUT2D eigenvalue weighted by Gasteiger charge is -2.19. The second-order valence-corrected chi connectivity index (χ2v) is 6.40. The number of fused-ring (bicyclic) bond motifs is 1. The lowest BCUT2D eigenvalue weighted by molar-refractivity contribution is 0.315. The van der Waals surface area contributed by atoms with Crippen LogP contribution < -0.4 is 0 Å². The van der Waals surface area contributed by atoms with Crippen molar-refractivity contribution >= 4 is 28.5 Å². The molecule has 0 amide bonds. The number of hydrogen-bond donors (Lipinski definition) is 2. The highest BCUT2D eigenvalue weighted by Crippen LogP contribution is 2.30. The van der Waals surface area contributed by atoms with Crippen molar-refractivity contribution in [1.82, 2.24) is 9.97 Å². The molecule has 1 atom stereocenters. The Morgan fingerprint density at radius 2 is 2.05 bits per heavy atom. The van der Waals surface area contributed by atoms with Crippen LogP contribution >= 0.6 is 11.8 Å². The zero-order chi connectivity index (χ0) is 13.8. The number of oxime groups is 1. The van der Waals surface area contributed by atoms with Crippen LogP contribution in [0.2, 0.25) is 0 Å². The fourth-order valence-corrected chi connectivity index (χ4v) is 3.85. The average molecular weight is 289 g/mol. The van der Waals surface area contributed by atoms with Crippen molar-refractivity contribution in [2.45, 2.75) is 48.9 Å². The van der Waals surface area contributed by atoms with Gasteiger partial charge in [0.15, 0.2) is 5.16 Å². The molecule has 2 N–H and O–H groups in total. The molecule has 1 fully saturated rings. The van der Waals surface area contributed by atoms with Crippen LogP contribution in [0.25, 0.3) is 11.0 Å². The van der Waals surface area contributed by atoms with Crippen LogP contribution in [0.15, 0.2) is 34.6 Å². The van der Waals surface area contributed by atoms with E-state index in [1.54, 1.807) is 11.8 Å². The Hall–Kier alpha value is -1.49. The lowest BCUT2D eigenvalue weighted by atomic mass is 9.99. The average Bonchev–Trinajstić information content (AvgIpc) is 2.84. The molecular formula is C15H19N3OS. The molecule has 1 heterocycles. The third kappa shape index (κ3) is 2.98. The van der Waals surface area contributed by atoms with Gasteiger partial charge in [0.2, 0.25) is 0 Å². The van der Waals surface area contributed by atoms with E-state index >= 15 is 0 Å². The zero-order valence-electron chi connectivity index (χ0n) is 11.4. The molecular weight excluding hydrogens is 270 g/mol. The van der Waals surface area contributed by atoms with Crippen LogP contribution in [0.1, 0.15) is 38.5 Å². The van der Waals surface area contributed by atoms with Crippen LogP contribution in [0, 0.1) is 0 Å². The van der Waals surface area contributed by atoms with Gasteiger partial charge in [0.1, 0.15) is 0 Å². The van der Waals surface area contributed by atoms with Crippen LogP contribution in [0.5, 0.6) is 0 Å². The predicted octanol–water partition coefficient (Wildman–Crippen LogP) is 4.21. The molecule has 0 spiro atoms. The second-order valence-electron chi connectivity index (χ2n) is 5.21. The number of para-hydroxylation sites is 2. The summed E-state index contributed by atoms with van der Waals surface area (Å²) in [6.45, 7) is 0. The summed E-state index contributed by atoms with van der Waals surface area (Å²) in [7, 11) is 0. The molecule has 0 radical (unpaired) electrons. The molecule has 0 saturated heterocycles. The number of rotatable bonds is 2. The van der Waals surface area contributed by atoms with E-state index in [0.29, 0.717) is 0 Å². The number of nitrogens with zero attached hydrogens (tertiary/aromatic N) is 2. The minimum Gasteiger partial charge on any atom is -0.411 e. The number of benzene rings is 1. The molecule has 106 valence electrons. The minimum absolute atomic E-state index is 0.237. The van der Waals surface area contributed by atoms with Crippen molar-refractivity contribution in [1.29, 1.82) is 0 Å². The number of thioether (sulfide) groups is 1. The van der Waals surface area contributed by atoms with E-state index in [4.69, 9.17) is 0 Å². The highest BCUT2D eigenvalue weighted by Gasteiger charge is 2.21. The Labute approximate surface area is 122 Å². The molecule has 4 nitrogen and oxygen atoms in total. The fourth-order valence-electron chi connectivity index (χ4n) is 2.68. The SMILES string of the molecule is O/N=C1/CCCCCC[C@H]1Sc1nc2ccccc2[nH]1. The molecule has 5 heteroatoms. The van der Waals surface area contributed by atoms with Crippen LogP contribution in [0.3, 0.4) is 0 Å². The van der Waals surface area contributed by atoms with Gasteiger partial charge in [-0.15, -0.1) is 0 Å². The van der Waals surface area contributed by atoms with Gasteiger partial charge in [-0.25, -0.2) is 4.98 Å². The van der Waals surface area contributed by atoms with Gasteiger partial charge in [0.05, 0.1) is 22.0 Å². The Balaban J connectivity index is 1.79. The summed E-state index contributed by atoms with van der Waals surface area (Å²) in [5, 5.41) is 13.9. The highest BCUT2D eigenvalue weighted by molar-refractivity contribution is 8.00. The van der Waals surface area contributed by atoms with E-state index in [9.17, 15) is 5.21 Å². The molecule has 0 aliphatic heterocycles. The highest BCUT2D eigenvalue weighted by atomic mass is 32.2. The van der Waals surface area contributed by atoms with Gasteiger partial charge in [-0.3, -0.25) is 0 Å². The summed E-state index contributed by atoms with van der Waals surface area (Å²) in [5.41, 5.74) is 2.96. The number of aromatic nitrogens is 2. The lowest BCUT2D eigenvalue weighted by Crippen LogP contribution is -2.19. The molecule has 0 unspecified atom stereocenters. The van der Waals surface area contributed by atoms with Gasteiger partial charge < -0.3 is 10.2 Å². The summed E-state index contributed by atoms with van der Waals surface area (Å²) in [4.78, 5) is 7.94. The summed E-state index contributed by atoms with van der Waals surface area (Å²) in [5.74, 6) is 0.